The summed E-state index contributed by atoms with van der Waals surface area (Å²) in [6.07, 6.45) is 0. The van der Waals surface area contributed by atoms with E-state index < -0.39 is 0 Å². The van der Waals surface area contributed by atoms with Crippen molar-refractivity contribution in [1.82, 2.24) is 0 Å². The molecule has 0 N–H and O–H groups in total. The number of para-hydroxylation sites is 5. The summed E-state index contributed by atoms with van der Waals surface area (Å²) in [7, 11) is 0. The Labute approximate surface area is 834 Å². The smallest absolute Gasteiger partial charge is 0.135 e. The minimum absolute atomic E-state index is 0.290. The van der Waals surface area contributed by atoms with Crippen molar-refractivity contribution in [3.63, 3.8) is 0 Å². The third kappa shape index (κ3) is 13.4. The zero-order valence-electron chi connectivity index (χ0n) is 79.9. The Morgan fingerprint density at radius 2 is 0.403 bits per heavy atom. The number of furan rings is 2. The van der Waals surface area contributed by atoms with E-state index in [0.717, 1.165) is 123 Å². The third-order valence-electron chi connectivity index (χ3n) is 31.0. The standard InChI is InChI=1S/C71H48N2O.C67H46N2O/c1-71(2)65-43-49(72(47-19-4-3-5-20-47)67-29-16-18-45-17-6-7-21-52(45)67)33-36-59(65)60-37-34-50(44-66(60)71)73(48-32-35-58-56-25-9-8-23-54(56)55-24-10-11-26-57(55)63(58)42-48)68-39-38-51(53-22-12-13-27-61(53)68)46-31-40-70-64(41-46)62-28-14-15-30-69(62)74-70;1-67(2)62-41-47(68(44-17-5-3-6-18-44)45-19-7-4-8-20-45)31-34-56(62)57-35-32-48(42-63(57)67)69(46-30-33-55-53-24-10-9-22-51(53)52-23-11-12-25-54(52)60(55)40-46)64-37-36-49(50-21-13-14-26-58(50)64)43-29-38-66-61(39-43)59-27-15-16-28-65(59)70-66/h3-44H,1-2H3;3-42H,1-2H3. The van der Waals surface area contributed by atoms with Crippen molar-refractivity contribution in [3.05, 3.63) is 520 Å². The second-order valence-electron chi connectivity index (χ2n) is 39.6. The van der Waals surface area contributed by atoms with Crippen LogP contribution in [-0.2, 0) is 10.8 Å². The van der Waals surface area contributed by atoms with Crippen molar-refractivity contribution in [3.8, 4) is 44.5 Å². The molecule has 2 aliphatic rings. The van der Waals surface area contributed by atoms with Gasteiger partial charge in [-0.15, -0.1) is 0 Å². The van der Waals surface area contributed by atoms with Crippen LogP contribution < -0.4 is 19.6 Å². The molecule has 29 rings (SSSR count). The average molecular weight is 1840 g/mol. The molecule has 27 aromatic rings. The van der Waals surface area contributed by atoms with Gasteiger partial charge in [0.05, 0.1) is 17.1 Å². The highest BCUT2D eigenvalue weighted by Gasteiger charge is 2.40. The number of anilines is 12. The van der Waals surface area contributed by atoms with Gasteiger partial charge in [-0.1, -0.05) is 361 Å². The van der Waals surface area contributed by atoms with Gasteiger partial charge in [0.1, 0.15) is 22.3 Å². The topological polar surface area (TPSA) is 39.2 Å². The average Bonchev–Trinajstić information content (AvgIpc) is 1.61. The molecular formula is C138H94N4O2. The van der Waals surface area contributed by atoms with Crippen LogP contribution in [0.5, 0.6) is 0 Å². The number of hydrogen-bond donors (Lipinski definition) is 0. The van der Waals surface area contributed by atoms with Crippen molar-refractivity contribution in [2.45, 2.75) is 38.5 Å². The Bertz CT molecular complexity index is 9850. The van der Waals surface area contributed by atoms with E-state index >= 15 is 0 Å². The summed E-state index contributed by atoms with van der Waals surface area (Å²) in [6.45, 7) is 9.58. The minimum Gasteiger partial charge on any atom is -0.456 e. The molecule has 144 heavy (non-hydrogen) atoms. The van der Waals surface area contributed by atoms with E-state index in [1.807, 2.05) is 18.2 Å². The maximum absolute atomic E-state index is 6.29. The summed E-state index contributed by atoms with van der Waals surface area (Å²) in [5.74, 6) is 0. The van der Waals surface area contributed by atoms with Gasteiger partial charge in [-0.3, -0.25) is 0 Å². The van der Waals surface area contributed by atoms with Gasteiger partial charge in [-0.2, -0.15) is 0 Å². The van der Waals surface area contributed by atoms with Crippen LogP contribution in [0.3, 0.4) is 0 Å². The van der Waals surface area contributed by atoms with Crippen molar-refractivity contribution in [1.29, 1.82) is 0 Å². The molecule has 6 heteroatoms. The van der Waals surface area contributed by atoms with Crippen LogP contribution in [0.25, 0.3) is 185 Å². The van der Waals surface area contributed by atoms with Gasteiger partial charge in [0.15, 0.2) is 0 Å². The number of hydrogen-bond acceptors (Lipinski definition) is 6. The van der Waals surface area contributed by atoms with Gasteiger partial charge in [0.25, 0.3) is 0 Å². The molecule has 0 amide bonds. The molecule has 0 unspecified atom stereocenters. The lowest BCUT2D eigenvalue weighted by atomic mass is 9.82. The molecular weight excluding hydrogens is 1750 g/mol. The van der Waals surface area contributed by atoms with Gasteiger partial charge in [-0.25, -0.2) is 0 Å². The monoisotopic (exact) mass is 1840 g/mol. The summed E-state index contributed by atoms with van der Waals surface area (Å²) in [5.41, 5.74) is 31.5. The summed E-state index contributed by atoms with van der Waals surface area (Å²) >= 11 is 0. The third-order valence-corrected chi connectivity index (χ3v) is 31.0. The largest absolute Gasteiger partial charge is 0.456 e. The lowest BCUT2D eigenvalue weighted by Gasteiger charge is -2.30. The molecule has 0 bridgehead atoms. The van der Waals surface area contributed by atoms with Crippen molar-refractivity contribution in [2.75, 3.05) is 19.6 Å². The highest BCUT2D eigenvalue weighted by atomic mass is 16.3. The maximum Gasteiger partial charge on any atom is 0.135 e. The van der Waals surface area contributed by atoms with E-state index in [-0.39, 0.29) is 10.8 Å². The van der Waals surface area contributed by atoms with E-state index in [1.54, 1.807) is 0 Å². The zero-order valence-corrected chi connectivity index (χ0v) is 79.9. The summed E-state index contributed by atoms with van der Waals surface area (Å²) in [5, 5.41) is 26.8. The Hall–Kier alpha value is -18.4. The molecule has 0 saturated heterocycles. The van der Waals surface area contributed by atoms with Crippen LogP contribution in [0.15, 0.2) is 506 Å². The molecule has 2 aromatic heterocycles. The Morgan fingerprint density at radius 3 is 0.785 bits per heavy atom. The fourth-order valence-corrected chi connectivity index (χ4v) is 24.2. The minimum atomic E-state index is -0.316. The first-order valence-corrected chi connectivity index (χ1v) is 49.9. The quantitative estimate of drug-likeness (QED) is 0.101. The maximum atomic E-state index is 6.29. The van der Waals surface area contributed by atoms with Crippen LogP contribution in [0.1, 0.15) is 49.9 Å². The number of fused-ring (bicyclic) bond motifs is 27. The van der Waals surface area contributed by atoms with E-state index in [0.29, 0.717) is 0 Å². The number of benzene rings is 25. The van der Waals surface area contributed by atoms with Crippen LogP contribution >= 0.6 is 0 Å². The Morgan fingerprint density at radius 1 is 0.146 bits per heavy atom. The van der Waals surface area contributed by atoms with Crippen LogP contribution in [-0.4, -0.2) is 0 Å². The van der Waals surface area contributed by atoms with Crippen LogP contribution in [0, 0.1) is 0 Å². The van der Waals surface area contributed by atoms with E-state index in [9.17, 15) is 0 Å². The normalized spacial score (nSPS) is 12.8. The fraction of sp³-hybridized carbons (Fsp3) is 0.0435. The Kier molecular flexibility index (Phi) is 19.3. The summed E-state index contributed by atoms with van der Waals surface area (Å²) in [4.78, 5) is 9.79. The first-order chi connectivity index (χ1) is 70.9. The molecule has 6 nitrogen and oxygen atoms in total. The Balaban J connectivity index is 0.000000140. The van der Waals surface area contributed by atoms with Gasteiger partial charge in [0.2, 0.25) is 0 Å². The molecule has 2 heterocycles. The molecule has 0 aliphatic heterocycles. The van der Waals surface area contributed by atoms with Crippen molar-refractivity contribution >= 4 is 209 Å². The number of rotatable bonds is 14. The second kappa shape index (κ2) is 33.2. The molecule has 25 aromatic carbocycles. The molecule has 0 spiro atoms. The number of nitrogens with zero attached hydrogens (tertiary/aromatic N) is 4. The predicted octanol–water partition coefficient (Wildman–Crippen LogP) is 39.4. The van der Waals surface area contributed by atoms with Crippen molar-refractivity contribution in [2.24, 2.45) is 0 Å². The van der Waals surface area contributed by atoms with E-state index in [4.69, 9.17) is 8.83 Å². The second-order valence-corrected chi connectivity index (χ2v) is 39.6. The summed E-state index contributed by atoms with van der Waals surface area (Å²) < 4.78 is 12.6. The molecule has 678 valence electrons. The van der Waals surface area contributed by atoms with Gasteiger partial charge < -0.3 is 28.4 Å². The predicted molar refractivity (Wildman–Crippen MR) is 610 cm³/mol. The molecule has 0 atom stereocenters. The van der Waals surface area contributed by atoms with Gasteiger partial charge in [0, 0.05) is 99.7 Å². The highest BCUT2D eigenvalue weighted by Crippen LogP contribution is 2.58. The highest BCUT2D eigenvalue weighted by molar-refractivity contribution is 6.28. The molecule has 2 aliphatic carbocycles. The lowest BCUT2D eigenvalue weighted by molar-refractivity contribution is 0.660. The fourth-order valence-electron chi connectivity index (χ4n) is 24.2. The lowest BCUT2D eigenvalue weighted by Crippen LogP contribution is -2.18. The van der Waals surface area contributed by atoms with Crippen LogP contribution in [0.4, 0.5) is 68.2 Å². The first-order valence-electron chi connectivity index (χ1n) is 49.9. The summed E-state index contributed by atoms with van der Waals surface area (Å²) in [6, 6.07) is 183. The molecule has 0 radical (unpaired) electrons. The van der Waals surface area contributed by atoms with E-state index in [2.05, 4.69) is 527 Å². The van der Waals surface area contributed by atoms with E-state index in [1.165, 1.54) is 153 Å². The first kappa shape index (κ1) is 83.8. The van der Waals surface area contributed by atoms with Crippen LogP contribution in [0.2, 0.25) is 0 Å². The molecule has 0 saturated carbocycles. The van der Waals surface area contributed by atoms with Gasteiger partial charge >= 0.3 is 0 Å². The van der Waals surface area contributed by atoms with Crippen molar-refractivity contribution < 1.29 is 8.83 Å². The van der Waals surface area contributed by atoms with Gasteiger partial charge in [-0.05, 0) is 311 Å². The molecule has 0 fully saturated rings. The zero-order chi connectivity index (χ0) is 95.6. The SMILES string of the molecule is CC1(C)c2cc(N(c3ccccc3)c3cccc4ccccc34)ccc2-c2ccc(N(c3ccc4c5ccccc5c5ccccc5c4c3)c3ccc(-c4ccc5oc6ccccc6c5c4)c4ccccc34)cc21.CC1(C)c2cc(N(c3ccccc3)c3ccccc3)ccc2-c2ccc(N(c3ccc4c5ccccc5c5ccccc5c4c3)c3ccc(-c4ccc5oc6ccccc6c5c4)c4ccccc34)cc21.